The summed E-state index contributed by atoms with van der Waals surface area (Å²) in [5, 5.41) is 3.09. The minimum atomic E-state index is -3.58. The van der Waals surface area contributed by atoms with Gasteiger partial charge in [0.15, 0.2) is 0 Å². The fourth-order valence-electron chi connectivity index (χ4n) is 1.91. The minimum absolute atomic E-state index is 0.0956. The molecule has 0 spiro atoms. The van der Waals surface area contributed by atoms with E-state index >= 15 is 0 Å². The number of halogens is 1. The minimum Gasteiger partial charge on any atom is -0.313 e. The van der Waals surface area contributed by atoms with Crippen molar-refractivity contribution in [2.24, 2.45) is 0 Å². The number of nitrogens with zero attached hydrogens (tertiary/aromatic N) is 1. The van der Waals surface area contributed by atoms with Crippen LogP contribution in [0.1, 0.15) is 39.2 Å². The van der Waals surface area contributed by atoms with Crippen molar-refractivity contribution in [2.45, 2.75) is 51.1 Å². The zero-order valence-electron chi connectivity index (χ0n) is 13.2. The van der Waals surface area contributed by atoms with Crippen molar-refractivity contribution in [1.82, 2.24) is 9.62 Å². The van der Waals surface area contributed by atoms with Crippen LogP contribution in [0.25, 0.3) is 0 Å². The molecule has 0 heterocycles. The summed E-state index contributed by atoms with van der Waals surface area (Å²) in [6.45, 7) is 6.90. The van der Waals surface area contributed by atoms with Gasteiger partial charge in [0.2, 0.25) is 10.0 Å². The first-order valence-corrected chi connectivity index (χ1v) is 8.75. The van der Waals surface area contributed by atoms with Gasteiger partial charge in [0, 0.05) is 25.2 Å². The Morgan fingerprint density at radius 3 is 2.57 bits per heavy atom. The third-order valence-corrected chi connectivity index (χ3v) is 5.62. The number of benzene rings is 1. The van der Waals surface area contributed by atoms with E-state index in [1.54, 1.807) is 7.05 Å². The summed E-state index contributed by atoms with van der Waals surface area (Å²) in [4.78, 5) is 0.139. The van der Waals surface area contributed by atoms with Gasteiger partial charge in [-0.25, -0.2) is 12.8 Å². The Labute approximate surface area is 127 Å². The van der Waals surface area contributed by atoms with Crippen molar-refractivity contribution in [1.29, 1.82) is 0 Å². The van der Waals surface area contributed by atoms with Gasteiger partial charge in [-0.2, -0.15) is 4.31 Å². The molecule has 0 saturated carbocycles. The van der Waals surface area contributed by atoms with Gasteiger partial charge in [-0.1, -0.05) is 13.8 Å². The Morgan fingerprint density at radius 2 is 2.00 bits per heavy atom. The molecule has 1 N–H and O–H groups in total. The first kappa shape index (κ1) is 18.1. The fourth-order valence-corrected chi connectivity index (χ4v) is 3.39. The fraction of sp³-hybridized carbons (Fsp3) is 0.600. The largest absolute Gasteiger partial charge is 0.313 e. The summed E-state index contributed by atoms with van der Waals surface area (Å²) in [6.07, 6.45) is 1.66. The predicted octanol–water partition coefficient (Wildman–Crippen LogP) is 2.74. The third kappa shape index (κ3) is 4.49. The van der Waals surface area contributed by atoms with E-state index in [-0.39, 0.29) is 16.8 Å². The summed E-state index contributed by atoms with van der Waals surface area (Å²) in [5.41, 5.74) is 0.377. The lowest BCUT2D eigenvalue weighted by Gasteiger charge is -2.23. The molecule has 0 radical (unpaired) electrons. The van der Waals surface area contributed by atoms with Crippen LogP contribution >= 0.6 is 0 Å². The van der Waals surface area contributed by atoms with Gasteiger partial charge >= 0.3 is 0 Å². The standard InChI is InChI=1S/C15H25FN2O2S/c1-5-9-17-11-13-10-14(7-8-15(13)16)21(19,20)18(4)12(3)6-2/h7-8,10,12,17H,5-6,9,11H2,1-4H3. The van der Waals surface area contributed by atoms with Gasteiger partial charge in [0.25, 0.3) is 0 Å². The van der Waals surface area contributed by atoms with Gasteiger partial charge in [-0.05, 0) is 44.5 Å². The zero-order chi connectivity index (χ0) is 16.0. The summed E-state index contributed by atoms with van der Waals surface area (Å²) >= 11 is 0. The summed E-state index contributed by atoms with van der Waals surface area (Å²) in [7, 11) is -2.02. The number of hydrogen-bond donors (Lipinski definition) is 1. The maximum Gasteiger partial charge on any atom is 0.243 e. The molecule has 0 aromatic heterocycles. The molecular formula is C15H25FN2O2S. The summed E-state index contributed by atoms with van der Waals surface area (Å²) in [5.74, 6) is -0.385. The molecule has 0 aliphatic carbocycles. The Morgan fingerprint density at radius 1 is 1.33 bits per heavy atom. The SMILES string of the molecule is CCCNCc1cc(S(=O)(=O)N(C)C(C)CC)ccc1F. The molecule has 1 rings (SSSR count). The Balaban J connectivity index is 3.05. The molecule has 0 aliphatic rings. The van der Waals surface area contributed by atoms with Crippen LogP contribution < -0.4 is 5.32 Å². The number of hydrogen-bond acceptors (Lipinski definition) is 3. The molecule has 21 heavy (non-hydrogen) atoms. The van der Waals surface area contributed by atoms with Gasteiger partial charge in [-0.15, -0.1) is 0 Å². The second-order valence-electron chi connectivity index (χ2n) is 5.21. The number of nitrogens with one attached hydrogen (secondary N) is 1. The van der Waals surface area contributed by atoms with E-state index < -0.39 is 10.0 Å². The molecule has 0 amide bonds. The monoisotopic (exact) mass is 316 g/mol. The highest BCUT2D eigenvalue weighted by Gasteiger charge is 2.25. The zero-order valence-corrected chi connectivity index (χ0v) is 14.0. The first-order valence-electron chi connectivity index (χ1n) is 7.31. The van der Waals surface area contributed by atoms with E-state index in [1.165, 1.54) is 22.5 Å². The van der Waals surface area contributed by atoms with E-state index in [9.17, 15) is 12.8 Å². The van der Waals surface area contributed by atoms with Gasteiger partial charge in [0.1, 0.15) is 5.82 Å². The van der Waals surface area contributed by atoms with Crippen LogP contribution in [0.2, 0.25) is 0 Å². The average Bonchev–Trinajstić information content (AvgIpc) is 2.47. The highest BCUT2D eigenvalue weighted by molar-refractivity contribution is 7.89. The Hall–Kier alpha value is -0.980. The molecule has 4 nitrogen and oxygen atoms in total. The molecule has 0 bridgehead atoms. The van der Waals surface area contributed by atoms with Crippen molar-refractivity contribution in [2.75, 3.05) is 13.6 Å². The molecule has 1 aromatic rings. The average molecular weight is 316 g/mol. The first-order chi connectivity index (χ1) is 9.84. The summed E-state index contributed by atoms with van der Waals surface area (Å²) in [6, 6.07) is 3.88. The van der Waals surface area contributed by atoms with Crippen LogP contribution in [-0.2, 0) is 16.6 Å². The molecule has 0 saturated heterocycles. The predicted molar refractivity (Wildman–Crippen MR) is 83.1 cm³/mol. The van der Waals surface area contributed by atoms with Crippen LogP contribution in [0, 0.1) is 5.82 Å². The highest BCUT2D eigenvalue weighted by Crippen LogP contribution is 2.20. The number of rotatable bonds is 8. The lowest BCUT2D eigenvalue weighted by molar-refractivity contribution is 0.380. The number of sulfonamides is 1. The molecule has 0 aliphatic heterocycles. The Bertz CT molecular complexity index is 561. The van der Waals surface area contributed by atoms with E-state index in [0.717, 1.165) is 19.4 Å². The highest BCUT2D eigenvalue weighted by atomic mass is 32.2. The second kappa shape index (κ2) is 7.87. The van der Waals surface area contributed by atoms with Crippen molar-refractivity contribution in [3.8, 4) is 0 Å². The smallest absolute Gasteiger partial charge is 0.243 e. The van der Waals surface area contributed by atoms with Crippen LogP contribution in [0.5, 0.6) is 0 Å². The quantitative estimate of drug-likeness (QED) is 0.750. The van der Waals surface area contributed by atoms with E-state index in [4.69, 9.17) is 0 Å². The molecule has 120 valence electrons. The van der Waals surface area contributed by atoms with Crippen molar-refractivity contribution >= 4 is 10.0 Å². The normalized spacial score (nSPS) is 13.6. The maximum atomic E-state index is 13.8. The maximum absolute atomic E-state index is 13.8. The van der Waals surface area contributed by atoms with E-state index in [1.807, 2.05) is 20.8 Å². The van der Waals surface area contributed by atoms with Gasteiger partial charge in [0.05, 0.1) is 4.90 Å². The van der Waals surface area contributed by atoms with E-state index in [0.29, 0.717) is 12.1 Å². The van der Waals surface area contributed by atoms with Crippen LogP contribution in [-0.4, -0.2) is 32.4 Å². The van der Waals surface area contributed by atoms with Crippen LogP contribution in [0.3, 0.4) is 0 Å². The molecule has 0 fully saturated rings. The van der Waals surface area contributed by atoms with Crippen LogP contribution in [0.15, 0.2) is 23.1 Å². The molecule has 6 heteroatoms. The third-order valence-electron chi connectivity index (χ3n) is 3.65. The van der Waals surface area contributed by atoms with Crippen molar-refractivity contribution in [3.63, 3.8) is 0 Å². The lowest BCUT2D eigenvalue weighted by atomic mass is 10.2. The van der Waals surface area contributed by atoms with Crippen LogP contribution in [0.4, 0.5) is 4.39 Å². The topological polar surface area (TPSA) is 49.4 Å². The molecule has 1 atom stereocenters. The lowest BCUT2D eigenvalue weighted by Crippen LogP contribution is -2.34. The van der Waals surface area contributed by atoms with Gasteiger partial charge < -0.3 is 5.32 Å². The van der Waals surface area contributed by atoms with E-state index in [2.05, 4.69) is 5.32 Å². The summed E-state index contributed by atoms with van der Waals surface area (Å²) < 4.78 is 40.1. The van der Waals surface area contributed by atoms with Crippen molar-refractivity contribution in [3.05, 3.63) is 29.6 Å². The molecule has 1 aromatic carbocycles. The van der Waals surface area contributed by atoms with Crippen molar-refractivity contribution < 1.29 is 12.8 Å². The molecular weight excluding hydrogens is 291 g/mol. The second-order valence-corrected chi connectivity index (χ2v) is 7.21. The Kier molecular flexibility index (Phi) is 6.77. The molecule has 1 unspecified atom stereocenters. The van der Waals surface area contributed by atoms with Gasteiger partial charge in [-0.3, -0.25) is 0 Å².